The molecule has 40 heavy (non-hydrogen) atoms. The second-order valence-corrected chi connectivity index (χ2v) is 11.2. The molecule has 3 aliphatic heterocycles. The number of methoxy groups -OCH3 is 1. The van der Waals surface area contributed by atoms with Gasteiger partial charge in [0.15, 0.2) is 0 Å². The highest BCUT2D eigenvalue weighted by Crippen LogP contribution is 2.32. The number of pyridine rings is 2. The van der Waals surface area contributed by atoms with E-state index in [1.165, 1.54) is 6.20 Å². The number of nitrogens with one attached hydrogen (secondary N) is 2. The second-order valence-electron chi connectivity index (χ2n) is 10.2. The lowest BCUT2D eigenvalue weighted by Gasteiger charge is -2.33. The molecule has 0 aliphatic carbocycles. The van der Waals surface area contributed by atoms with Gasteiger partial charge in [0, 0.05) is 37.5 Å². The van der Waals surface area contributed by atoms with Crippen LogP contribution in [0.25, 0.3) is 0 Å². The Morgan fingerprint density at radius 3 is 2.90 bits per heavy atom. The van der Waals surface area contributed by atoms with Gasteiger partial charge in [-0.3, -0.25) is 19.9 Å². The van der Waals surface area contributed by atoms with E-state index in [9.17, 15) is 14.9 Å². The molecule has 2 N–H and O–H groups in total. The summed E-state index contributed by atoms with van der Waals surface area (Å²) in [5, 5.41) is 16.1. The molecule has 0 radical (unpaired) electrons. The Balaban J connectivity index is 1.34. The Morgan fingerprint density at radius 1 is 1.30 bits per heavy atom. The summed E-state index contributed by atoms with van der Waals surface area (Å²) in [5.74, 6) is 1.33. The number of carbonyl (C=O) groups is 2. The summed E-state index contributed by atoms with van der Waals surface area (Å²) in [6, 6.07) is 5.53. The fourth-order valence-electron chi connectivity index (χ4n) is 5.22. The minimum absolute atomic E-state index is 0.0500. The number of aryl methyl sites for hydroxylation is 1. The molecule has 5 heterocycles. The number of fused-ring (bicyclic) bond motifs is 1. The predicted molar refractivity (Wildman–Crippen MR) is 153 cm³/mol. The highest BCUT2D eigenvalue weighted by Gasteiger charge is 2.30. The maximum Gasteiger partial charge on any atom is 0.328 e. The summed E-state index contributed by atoms with van der Waals surface area (Å²) < 4.78 is 11.2. The third kappa shape index (κ3) is 5.94. The Labute approximate surface area is 238 Å². The van der Waals surface area contributed by atoms with Crippen molar-refractivity contribution in [3.8, 4) is 11.9 Å². The minimum atomic E-state index is -0.369. The summed E-state index contributed by atoms with van der Waals surface area (Å²) in [7, 11) is 3.48. The maximum absolute atomic E-state index is 13.4. The van der Waals surface area contributed by atoms with Crippen LogP contribution in [0.1, 0.15) is 23.1 Å². The third-order valence-corrected chi connectivity index (χ3v) is 8.51. The molecule has 12 nitrogen and oxygen atoms in total. The number of piperazine rings is 1. The summed E-state index contributed by atoms with van der Waals surface area (Å²) in [5.41, 5.74) is 2.75. The molecule has 2 atom stereocenters. The van der Waals surface area contributed by atoms with Crippen LogP contribution in [0.4, 0.5) is 22.1 Å². The summed E-state index contributed by atoms with van der Waals surface area (Å²) in [6.07, 6.45) is 5.03. The lowest BCUT2D eigenvalue weighted by Crippen LogP contribution is -2.48. The number of amides is 3. The van der Waals surface area contributed by atoms with Gasteiger partial charge in [-0.25, -0.2) is 9.78 Å². The van der Waals surface area contributed by atoms with Crippen LogP contribution in [0.2, 0.25) is 0 Å². The molecular formula is C27H34N8O4S. The van der Waals surface area contributed by atoms with Gasteiger partial charge in [0.1, 0.15) is 17.7 Å². The highest BCUT2D eigenvalue weighted by atomic mass is 32.2. The van der Waals surface area contributed by atoms with Gasteiger partial charge in [-0.1, -0.05) is 0 Å². The third-order valence-electron chi connectivity index (χ3n) is 7.44. The fourth-order valence-corrected chi connectivity index (χ4v) is 5.93. The molecule has 2 aromatic heterocycles. The lowest BCUT2D eigenvalue weighted by atomic mass is 10.0. The van der Waals surface area contributed by atoms with Crippen molar-refractivity contribution in [2.24, 2.45) is 0 Å². The predicted octanol–water partition coefficient (Wildman–Crippen LogP) is 2.16. The van der Waals surface area contributed by atoms with Crippen LogP contribution in [0, 0.1) is 11.3 Å². The minimum Gasteiger partial charge on any atom is -0.481 e. The number of nitrogens with zero attached hydrogens (tertiary/aromatic N) is 6. The lowest BCUT2D eigenvalue weighted by molar-refractivity contribution is -0.136. The van der Waals surface area contributed by atoms with Crippen molar-refractivity contribution in [1.82, 2.24) is 19.8 Å². The van der Waals surface area contributed by atoms with Gasteiger partial charge < -0.3 is 19.7 Å². The molecule has 0 aromatic carbocycles. The van der Waals surface area contributed by atoms with Gasteiger partial charge in [0.25, 0.3) is 0 Å². The number of ether oxygens (including phenoxy) is 2. The normalized spacial score (nSPS) is 21.1. The summed E-state index contributed by atoms with van der Waals surface area (Å²) >= 11 is 1.71. The number of aromatic nitrogens is 2. The first-order valence-electron chi connectivity index (χ1n) is 13.3. The number of thioether (sulfide) groups is 1. The van der Waals surface area contributed by atoms with E-state index < -0.39 is 0 Å². The number of anilines is 3. The number of likely N-dealkylation sites (N-methyl/N-ethyl adjacent to an activating group) is 1. The average molecular weight is 567 g/mol. The first-order chi connectivity index (χ1) is 19.4. The molecule has 0 spiro atoms. The number of hydrogen-bond acceptors (Lipinski definition) is 10. The number of nitriles is 1. The number of urea groups is 1. The molecule has 2 saturated heterocycles. The SMILES string of the molecule is COc1nc2c(cc1CN1CCN(C)CC1=O)CCCN2C(=O)Nc1cc(NC2COCC2SC)c(C#N)cn1. The van der Waals surface area contributed by atoms with Crippen LogP contribution >= 0.6 is 11.8 Å². The van der Waals surface area contributed by atoms with Crippen molar-refractivity contribution in [3.63, 3.8) is 0 Å². The Hall–Kier alpha value is -3.60. The smallest absolute Gasteiger partial charge is 0.328 e. The zero-order valence-corrected chi connectivity index (χ0v) is 23.8. The molecule has 3 aliphatic rings. The zero-order chi connectivity index (χ0) is 28.2. The largest absolute Gasteiger partial charge is 0.481 e. The quantitative estimate of drug-likeness (QED) is 0.513. The van der Waals surface area contributed by atoms with Gasteiger partial charge in [0.2, 0.25) is 11.8 Å². The maximum atomic E-state index is 13.4. The van der Waals surface area contributed by atoms with Crippen molar-refractivity contribution in [3.05, 3.63) is 35.0 Å². The topological polar surface area (TPSA) is 136 Å². The standard InChI is InChI=1S/C27H34N8O4S/c1-33-7-8-34(24(36)14-33)13-18-9-17-5-4-6-35(25(17)32-26(18)38-2)27(37)31-23-10-20(19(11-28)12-29-23)30-21-15-39-16-22(21)40-3/h9-10,12,21-22H,4-8,13-16H2,1-3H3,(H2,29,30,31,37). The summed E-state index contributed by atoms with van der Waals surface area (Å²) in [4.78, 5) is 40.4. The number of rotatable bonds is 7. The van der Waals surface area contributed by atoms with E-state index in [-0.39, 0.29) is 23.2 Å². The molecule has 2 aromatic rings. The average Bonchev–Trinajstić information content (AvgIpc) is 3.41. The van der Waals surface area contributed by atoms with Crippen molar-refractivity contribution in [1.29, 1.82) is 5.26 Å². The molecule has 3 amide bonds. The van der Waals surface area contributed by atoms with Gasteiger partial charge in [0.05, 0.1) is 56.0 Å². The monoisotopic (exact) mass is 566 g/mol. The van der Waals surface area contributed by atoms with Gasteiger partial charge in [-0.05, 0) is 37.8 Å². The fraction of sp³-hybridized carbons (Fsp3) is 0.519. The molecule has 212 valence electrons. The van der Waals surface area contributed by atoms with Gasteiger partial charge in [-0.2, -0.15) is 22.0 Å². The van der Waals surface area contributed by atoms with Crippen molar-refractivity contribution in [2.75, 3.05) is 75.3 Å². The summed E-state index contributed by atoms with van der Waals surface area (Å²) in [6.45, 7) is 3.94. The van der Waals surface area contributed by atoms with Crippen molar-refractivity contribution >= 4 is 41.0 Å². The van der Waals surface area contributed by atoms with Crippen LogP contribution in [0.15, 0.2) is 18.3 Å². The van der Waals surface area contributed by atoms with Crippen LogP contribution in [-0.2, 0) is 22.5 Å². The first kappa shape index (κ1) is 27.9. The van der Waals surface area contributed by atoms with E-state index >= 15 is 0 Å². The van der Waals surface area contributed by atoms with E-state index in [1.807, 2.05) is 29.2 Å². The molecule has 0 saturated carbocycles. The van der Waals surface area contributed by atoms with Crippen LogP contribution in [0.5, 0.6) is 5.88 Å². The van der Waals surface area contributed by atoms with Crippen LogP contribution in [-0.4, -0.2) is 103 Å². The molecule has 0 bridgehead atoms. The molecule has 2 fully saturated rings. The molecule has 13 heteroatoms. The molecule has 2 unspecified atom stereocenters. The van der Waals surface area contributed by atoms with E-state index in [0.29, 0.717) is 68.2 Å². The van der Waals surface area contributed by atoms with Crippen molar-refractivity contribution in [2.45, 2.75) is 30.7 Å². The zero-order valence-electron chi connectivity index (χ0n) is 23.0. The van der Waals surface area contributed by atoms with Crippen molar-refractivity contribution < 1.29 is 19.1 Å². The Morgan fingerprint density at radius 2 is 2.15 bits per heavy atom. The van der Waals surface area contributed by atoms with E-state index in [4.69, 9.17) is 14.5 Å². The number of hydrogen-bond donors (Lipinski definition) is 2. The van der Waals surface area contributed by atoms with Gasteiger partial charge in [-0.15, -0.1) is 0 Å². The van der Waals surface area contributed by atoms with Crippen LogP contribution in [0.3, 0.4) is 0 Å². The highest BCUT2D eigenvalue weighted by molar-refractivity contribution is 7.99. The Kier molecular flexibility index (Phi) is 8.58. The van der Waals surface area contributed by atoms with E-state index in [2.05, 4.69) is 21.7 Å². The van der Waals surface area contributed by atoms with Gasteiger partial charge >= 0.3 is 6.03 Å². The second kappa shape index (κ2) is 12.3. The molecular weight excluding hydrogens is 532 g/mol. The Bertz CT molecular complexity index is 1320. The van der Waals surface area contributed by atoms with Crippen LogP contribution < -0.4 is 20.3 Å². The number of carbonyl (C=O) groups excluding carboxylic acids is 2. The molecule has 5 rings (SSSR count). The first-order valence-corrected chi connectivity index (χ1v) is 14.6. The van der Waals surface area contributed by atoms with E-state index in [0.717, 1.165) is 30.5 Å². The van der Waals surface area contributed by atoms with E-state index in [1.54, 1.807) is 29.8 Å².